The van der Waals surface area contributed by atoms with Crippen LogP contribution in [0.4, 0.5) is 0 Å². The van der Waals surface area contributed by atoms with Crippen molar-refractivity contribution in [1.82, 2.24) is 20.0 Å². The minimum absolute atomic E-state index is 0.587. The first-order chi connectivity index (χ1) is 14.3. The normalized spacial score (nSPS) is 22.3. The highest BCUT2D eigenvalue weighted by Crippen LogP contribution is 2.13. The molecule has 172 valence electrons. The Labute approximate surface area is 182 Å². The van der Waals surface area contributed by atoms with Gasteiger partial charge in [-0.15, -0.1) is 0 Å². The monoisotopic (exact) mass is 408 g/mol. The number of piperazine rings is 2. The molecule has 1 atom stereocenters. The van der Waals surface area contributed by atoms with Crippen LogP contribution in [0.25, 0.3) is 0 Å². The summed E-state index contributed by atoms with van der Waals surface area (Å²) in [4.78, 5) is 8.14. The number of hydrogen-bond acceptors (Lipinski definition) is 4. The van der Waals surface area contributed by atoms with Gasteiger partial charge < -0.3 is 4.90 Å². The lowest BCUT2D eigenvalue weighted by Gasteiger charge is -2.44. The third-order valence-electron chi connectivity index (χ3n) is 6.99. The van der Waals surface area contributed by atoms with Gasteiger partial charge in [-0.2, -0.15) is 0 Å². The Morgan fingerprint density at radius 2 is 1.10 bits per heavy atom. The quantitative estimate of drug-likeness (QED) is 0.365. The predicted octanol–water partition coefficient (Wildman–Crippen LogP) is 4.95. The highest BCUT2D eigenvalue weighted by atomic mass is 15.4. The Bertz CT molecular complexity index is 368. The Hall–Kier alpha value is -0.160. The molecule has 1 unspecified atom stereocenters. The van der Waals surface area contributed by atoms with Crippen molar-refractivity contribution in [3.05, 3.63) is 0 Å². The van der Waals surface area contributed by atoms with Gasteiger partial charge in [0.1, 0.15) is 0 Å². The van der Waals surface area contributed by atoms with Crippen molar-refractivity contribution < 1.29 is 0 Å². The van der Waals surface area contributed by atoms with Crippen molar-refractivity contribution in [2.24, 2.45) is 0 Å². The molecule has 2 heterocycles. The second kappa shape index (κ2) is 16.5. The van der Waals surface area contributed by atoms with Crippen LogP contribution in [0.15, 0.2) is 0 Å². The Morgan fingerprint density at radius 3 is 1.69 bits per heavy atom. The number of hydrogen-bond donors (Lipinski definition) is 1. The molecule has 0 spiro atoms. The highest BCUT2D eigenvalue weighted by Gasteiger charge is 2.27. The average Bonchev–Trinajstić information content (AvgIpc) is 2.76. The van der Waals surface area contributed by atoms with Gasteiger partial charge in [0.05, 0.1) is 6.17 Å². The van der Waals surface area contributed by atoms with Gasteiger partial charge in [0.25, 0.3) is 0 Å². The molecule has 0 aromatic heterocycles. The molecule has 4 nitrogen and oxygen atoms in total. The second-order valence-electron chi connectivity index (χ2n) is 9.54. The summed E-state index contributed by atoms with van der Waals surface area (Å²) in [6.45, 7) is 15.9. The second-order valence-corrected chi connectivity index (χ2v) is 9.54. The SMILES string of the molecule is CCCCCCCCCN1CCNC(N2CCN(CCCCCCCC)CC2)C1. The van der Waals surface area contributed by atoms with Gasteiger partial charge in [0, 0.05) is 45.8 Å². The molecule has 0 saturated carbocycles. The van der Waals surface area contributed by atoms with Crippen molar-refractivity contribution in [2.75, 3.05) is 58.9 Å². The van der Waals surface area contributed by atoms with Crippen molar-refractivity contribution in [3.63, 3.8) is 0 Å². The van der Waals surface area contributed by atoms with Gasteiger partial charge in [-0.1, -0.05) is 84.5 Å². The minimum atomic E-state index is 0.587. The zero-order valence-electron chi connectivity index (χ0n) is 20.0. The van der Waals surface area contributed by atoms with Crippen LogP contribution >= 0.6 is 0 Å². The van der Waals surface area contributed by atoms with Crippen LogP contribution in [-0.2, 0) is 0 Å². The summed E-state index contributed by atoms with van der Waals surface area (Å²) in [7, 11) is 0. The molecule has 2 saturated heterocycles. The summed E-state index contributed by atoms with van der Waals surface area (Å²) in [6, 6.07) is 0. The fourth-order valence-corrected chi connectivity index (χ4v) is 4.94. The maximum atomic E-state index is 3.80. The topological polar surface area (TPSA) is 21.8 Å². The molecular formula is C25H52N4. The van der Waals surface area contributed by atoms with Crippen LogP contribution in [0.2, 0.25) is 0 Å². The van der Waals surface area contributed by atoms with Gasteiger partial charge in [-0.05, 0) is 25.9 Å². The lowest BCUT2D eigenvalue weighted by Crippen LogP contribution is -2.62. The van der Waals surface area contributed by atoms with Crippen LogP contribution < -0.4 is 5.32 Å². The predicted molar refractivity (Wildman–Crippen MR) is 128 cm³/mol. The molecule has 2 rings (SSSR count). The first-order valence-corrected chi connectivity index (χ1v) is 13.3. The zero-order chi connectivity index (χ0) is 20.6. The number of unbranched alkanes of at least 4 members (excludes halogenated alkanes) is 11. The van der Waals surface area contributed by atoms with E-state index in [2.05, 4.69) is 33.9 Å². The average molecular weight is 409 g/mol. The van der Waals surface area contributed by atoms with E-state index < -0.39 is 0 Å². The molecule has 29 heavy (non-hydrogen) atoms. The summed E-state index contributed by atoms with van der Waals surface area (Å²) in [6.07, 6.45) is 19.0. The van der Waals surface area contributed by atoms with E-state index in [-0.39, 0.29) is 0 Å². The molecule has 0 aliphatic carbocycles. The van der Waals surface area contributed by atoms with E-state index >= 15 is 0 Å². The van der Waals surface area contributed by atoms with Gasteiger partial charge >= 0.3 is 0 Å². The molecule has 2 aliphatic heterocycles. The Kier molecular flexibility index (Phi) is 14.3. The number of nitrogens with one attached hydrogen (secondary N) is 1. The summed E-state index contributed by atoms with van der Waals surface area (Å²) in [5, 5.41) is 3.80. The molecule has 2 fully saturated rings. The smallest absolute Gasteiger partial charge is 0.0729 e. The Balaban J connectivity index is 1.51. The number of nitrogens with zero attached hydrogens (tertiary/aromatic N) is 3. The largest absolute Gasteiger partial charge is 0.301 e. The van der Waals surface area contributed by atoms with Gasteiger partial charge in [-0.3, -0.25) is 15.1 Å². The van der Waals surface area contributed by atoms with E-state index in [1.807, 2.05) is 0 Å². The fourth-order valence-electron chi connectivity index (χ4n) is 4.94. The molecule has 0 aromatic rings. The van der Waals surface area contributed by atoms with Gasteiger partial charge in [0.2, 0.25) is 0 Å². The van der Waals surface area contributed by atoms with E-state index in [4.69, 9.17) is 0 Å². The molecule has 0 bridgehead atoms. The highest BCUT2D eigenvalue weighted by molar-refractivity contribution is 4.83. The fraction of sp³-hybridized carbons (Fsp3) is 1.00. The maximum Gasteiger partial charge on any atom is 0.0729 e. The molecule has 0 radical (unpaired) electrons. The third-order valence-corrected chi connectivity index (χ3v) is 6.99. The molecule has 1 N–H and O–H groups in total. The third kappa shape index (κ3) is 11.1. The van der Waals surface area contributed by atoms with Crippen LogP contribution in [0.1, 0.15) is 97.3 Å². The standard InChI is InChI=1S/C25H52N4/c1-3-5-7-9-11-13-15-18-28-19-16-26-25(24-28)29-22-20-27(21-23-29)17-14-12-10-8-6-4-2/h25-26H,3-24H2,1-2H3. The first kappa shape index (κ1) is 25.1. The van der Waals surface area contributed by atoms with Crippen molar-refractivity contribution >= 4 is 0 Å². The van der Waals surface area contributed by atoms with Crippen LogP contribution in [-0.4, -0.2) is 79.8 Å². The number of rotatable bonds is 16. The van der Waals surface area contributed by atoms with E-state index in [1.54, 1.807) is 0 Å². The van der Waals surface area contributed by atoms with E-state index in [0.29, 0.717) is 6.17 Å². The van der Waals surface area contributed by atoms with Crippen molar-refractivity contribution in [3.8, 4) is 0 Å². The van der Waals surface area contributed by atoms with Crippen molar-refractivity contribution in [2.45, 2.75) is 103 Å². The molecule has 0 amide bonds. The van der Waals surface area contributed by atoms with Gasteiger partial charge in [0.15, 0.2) is 0 Å². The molecule has 0 aromatic carbocycles. The van der Waals surface area contributed by atoms with Gasteiger partial charge in [-0.25, -0.2) is 0 Å². The first-order valence-electron chi connectivity index (χ1n) is 13.3. The van der Waals surface area contributed by atoms with Crippen molar-refractivity contribution in [1.29, 1.82) is 0 Å². The summed E-state index contributed by atoms with van der Waals surface area (Å²) >= 11 is 0. The summed E-state index contributed by atoms with van der Waals surface area (Å²) in [5.41, 5.74) is 0. The zero-order valence-corrected chi connectivity index (χ0v) is 20.0. The summed E-state index contributed by atoms with van der Waals surface area (Å²) < 4.78 is 0. The Morgan fingerprint density at radius 1 is 0.586 bits per heavy atom. The lowest BCUT2D eigenvalue weighted by atomic mass is 10.1. The van der Waals surface area contributed by atoms with Crippen LogP contribution in [0.3, 0.4) is 0 Å². The maximum absolute atomic E-state index is 3.80. The van der Waals surface area contributed by atoms with E-state index in [9.17, 15) is 0 Å². The van der Waals surface area contributed by atoms with E-state index in [1.165, 1.54) is 142 Å². The van der Waals surface area contributed by atoms with Crippen LogP contribution in [0.5, 0.6) is 0 Å². The van der Waals surface area contributed by atoms with E-state index in [0.717, 1.165) is 0 Å². The lowest BCUT2D eigenvalue weighted by molar-refractivity contribution is 0.0409. The molecule has 2 aliphatic rings. The summed E-state index contributed by atoms with van der Waals surface area (Å²) in [5.74, 6) is 0. The minimum Gasteiger partial charge on any atom is -0.301 e. The molecular weight excluding hydrogens is 356 g/mol. The molecule has 4 heteroatoms. The van der Waals surface area contributed by atoms with Crippen LogP contribution in [0, 0.1) is 0 Å².